The molecule has 0 aliphatic carbocycles. The van der Waals surface area contributed by atoms with E-state index in [-0.39, 0.29) is 17.4 Å². The minimum atomic E-state index is -0.736. The van der Waals surface area contributed by atoms with Gasteiger partial charge >= 0.3 is 0 Å². The molecule has 0 spiro atoms. The van der Waals surface area contributed by atoms with Crippen molar-refractivity contribution in [2.24, 2.45) is 5.73 Å². The number of aromatic nitrogens is 3. The largest absolute Gasteiger partial charge is 0.364 e. The summed E-state index contributed by atoms with van der Waals surface area (Å²) in [4.78, 5) is 21.6. The number of hydrogen-bond donors (Lipinski definition) is 3. The van der Waals surface area contributed by atoms with E-state index in [1.165, 1.54) is 0 Å². The molecule has 0 saturated heterocycles. The molecule has 13 heavy (non-hydrogen) atoms. The topological polar surface area (TPSA) is 114 Å². The Balaban J connectivity index is 2.82. The van der Waals surface area contributed by atoms with Gasteiger partial charge in [-0.3, -0.25) is 9.59 Å². The van der Waals surface area contributed by atoms with Crippen LogP contribution in [0.5, 0.6) is 0 Å². The second-order valence-corrected chi connectivity index (χ2v) is 2.29. The molecule has 0 atom stereocenters. The number of nitrogens with one attached hydrogen (secondary N) is 2. The summed E-state index contributed by atoms with van der Waals surface area (Å²) >= 11 is 0. The summed E-state index contributed by atoms with van der Waals surface area (Å²) in [5.41, 5.74) is 4.90. The normalized spacial score (nSPS) is 9.62. The fourth-order valence-corrected chi connectivity index (χ4v) is 0.710. The zero-order valence-corrected chi connectivity index (χ0v) is 7.00. The first kappa shape index (κ1) is 9.17. The molecular weight excluding hydrogens is 174 g/mol. The van der Waals surface area contributed by atoms with Crippen molar-refractivity contribution in [3.8, 4) is 0 Å². The molecule has 7 heteroatoms. The van der Waals surface area contributed by atoms with Gasteiger partial charge in [0, 0.05) is 6.42 Å². The average molecular weight is 183 g/mol. The fraction of sp³-hybridized carbons (Fsp3) is 0.333. The van der Waals surface area contributed by atoms with Gasteiger partial charge in [0.2, 0.25) is 5.91 Å². The van der Waals surface area contributed by atoms with Gasteiger partial charge in [-0.25, -0.2) is 0 Å². The first-order chi connectivity index (χ1) is 6.15. The highest BCUT2D eigenvalue weighted by atomic mass is 16.2. The molecule has 0 radical (unpaired) electrons. The van der Waals surface area contributed by atoms with Crippen LogP contribution < -0.4 is 11.1 Å². The lowest BCUT2D eigenvalue weighted by Gasteiger charge is -1.98. The van der Waals surface area contributed by atoms with Crippen molar-refractivity contribution in [1.29, 1.82) is 0 Å². The van der Waals surface area contributed by atoms with Crippen LogP contribution in [0.4, 0.5) is 5.82 Å². The predicted molar refractivity (Wildman–Crippen MR) is 43.8 cm³/mol. The number of amides is 2. The summed E-state index contributed by atoms with van der Waals surface area (Å²) in [7, 11) is 0. The molecule has 7 nitrogen and oxygen atoms in total. The van der Waals surface area contributed by atoms with E-state index >= 15 is 0 Å². The molecule has 2 amide bonds. The van der Waals surface area contributed by atoms with Crippen LogP contribution in [0.2, 0.25) is 0 Å². The van der Waals surface area contributed by atoms with Gasteiger partial charge in [0.05, 0.1) is 0 Å². The number of aromatic amines is 1. The number of nitrogens with two attached hydrogens (primary N) is 1. The minimum absolute atomic E-state index is 0.0678. The van der Waals surface area contributed by atoms with Crippen molar-refractivity contribution in [1.82, 2.24) is 15.4 Å². The highest BCUT2D eigenvalue weighted by Crippen LogP contribution is 2.06. The Bertz CT molecular complexity index is 332. The maximum Gasteiger partial charge on any atom is 0.273 e. The summed E-state index contributed by atoms with van der Waals surface area (Å²) in [5, 5.41) is 11.6. The molecule has 0 saturated carbocycles. The highest BCUT2D eigenvalue weighted by Gasteiger charge is 2.14. The lowest BCUT2D eigenvalue weighted by molar-refractivity contribution is -0.115. The van der Waals surface area contributed by atoms with E-state index in [9.17, 15) is 9.59 Å². The van der Waals surface area contributed by atoms with E-state index in [0.29, 0.717) is 6.42 Å². The number of carbonyl (C=O) groups is 2. The Morgan fingerprint density at radius 1 is 1.54 bits per heavy atom. The summed E-state index contributed by atoms with van der Waals surface area (Å²) in [6.45, 7) is 1.68. The number of rotatable bonds is 3. The van der Waals surface area contributed by atoms with Crippen LogP contribution in [-0.2, 0) is 4.79 Å². The molecule has 0 unspecified atom stereocenters. The molecule has 1 heterocycles. The van der Waals surface area contributed by atoms with Gasteiger partial charge in [-0.2, -0.15) is 5.21 Å². The summed E-state index contributed by atoms with van der Waals surface area (Å²) in [5.74, 6) is -0.920. The Kier molecular flexibility index (Phi) is 2.58. The lowest BCUT2D eigenvalue weighted by Crippen LogP contribution is -2.17. The molecule has 1 rings (SSSR count). The molecule has 0 aliphatic rings. The summed E-state index contributed by atoms with van der Waals surface area (Å²) in [6.07, 6.45) is 0.297. The van der Waals surface area contributed by atoms with Crippen LogP contribution in [0.3, 0.4) is 0 Å². The van der Waals surface area contributed by atoms with E-state index in [1.54, 1.807) is 6.92 Å². The first-order valence-corrected chi connectivity index (χ1v) is 3.65. The van der Waals surface area contributed by atoms with Gasteiger partial charge < -0.3 is 11.1 Å². The predicted octanol–water partition coefficient (Wildman–Crippen LogP) is -0.748. The third kappa shape index (κ3) is 2.01. The molecule has 70 valence electrons. The SMILES string of the molecule is CCC(=O)Nc1n[nH]nc1C(N)=O. The Morgan fingerprint density at radius 2 is 2.23 bits per heavy atom. The summed E-state index contributed by atoms with van der Waals surface area (Å²) in [6, 6.07) is 0. The van der Waals surface area contributed by atoms with Crippen LogP contribution in [0.25, 0.3) is 0 Å². The molecule has 0 aromatic carbocycles. The highest BCUT2D eigenvalue weighted by molar-refractivity contribution is 6.00. The van der Waals surface area contributed by atoms with Gasteiger partial charge in [0.15, 0.2) is 11.5 Å². The van der Waals surface area contributed by atoms with Crippen LogP contribution >= 0.6 is 0 Å². The standard InChI is InChI=1S/C6H9N5O2/c1-2-3(12)8-6-4(5(7)13)9-11-10-6/h2H2,1H3,(H2,7,13)(H2,8,9,10,11,12). The smallest absolute Gasteiger partial charge is 0.273 e. The Morgan fingerprint density at radius 3 is 2.77 bits per heavy atom. The van der Waals surface area contributed by atoms with Crippen molar-refractivity contribution in [2.75, 3.05) is 5.32 Å². The summed E-state index contributed by atoms with van der Waals surface area (Å²) < 4.78 is 0. The third-order valence-electron chi connectivity index (χ3n) is 1.36. The second kappa shape index (κ2) is 3.65. The zero-order chi connectivity index (χ0) is 9.84. The van der Waals surface area contributed by atoms with Crippen molar-refractivity contribution < 1.29 is 9.59 Å². The molecule has 0 fully saturated rings. The number of anilines is 1. The minimum Gasteiger partial charge on any atom is -0.364 e. The van der Waals surface area contributed by atoms with Gasteiger partial charge in [-0.05, 0) is 0 Å². The molecule has 0 aliphatic heterocycles. The number of nitrogens with zero attached hydrogens (tertiary/aromatic N) is 2. The quantitative estimate of drug-likeness (QED) is 0.572. The van der Waals surface area contributed by atoms with Crippen molar-refractivity contribution >= 4 is 17.6 Å². The molecule has 1 aromatic heterocycles. The fourth-order valence-electron chi connectivity index (χ4n) is 0.710. The maximum absolute atomic E-state index is 10.9. The average Bonchev–Trinajstić information content (AvgIpc) is 2.52. The van der Waals surface area contributed by atoms with E-state index in [4.69, 9.17) is 5.73 Å². The lowest BCUT2D eigenvalue weighted by atomic mass is 10.4. The Labute approximate surface area is 73.7 Å². The monoisotopic (exact) mass is 183 g/mol. The second-order valence-electron chi connectivity index (χ2n) is 2.29. The zero-order valence-electron chi connectivity index (χ0n) is 7.00. The van der Waals surface area contributed by atoms with E-state index in [2.05, 4.69) is 20.7 Å². The number of hydrogen-bond acceptors (Lipinski definition) is 4. The van der Waals surface area contributed by atoms with Gasteiger partial charge in [-0.15, -0.1) is 10.2 Å². The van der Waals surface area contributed by atoms with Crippen molar-refractivity contribution in [3.05, 3.63) is 5.69 Å². The van der Waals surface area contributed by atoms with Gasteiger partial charge in [0.25, 0.3) is 5.91 Å². The number of primary amides is 1. The molecule has 0 bridgehead atoms. The maximum atomic E-state index is 10.9. The van der Waals surface area contributed by atoms with Crippen LogP contribution in [0, 0.1) is 0 Å². The van der Waals surface area contributed by atoms with Crippen molar-refractivity contribution in [2.45, 2.75) is 13.3 Å². The van der Waals surface area contributed by atoms with Gasteiger partial charge in [-0.1, -0.05) is 6.92 Å². The Hall–Kier alpha value is -1.92. The van der Waals surface area contributed by atoms with Gasteiger partial charge in [0.1, 0.15) is 0 Å². The van der Waals surface area contributed by atoms with Crippen LogP contribution in [0.15, 0.2) is 0 Å². The van der Waals surface area contributed by atoms with Crippen molar-refractivity contribution in [3.63, 3.8) is 0 Å². The number of H-pyrrole nitrogens is 1. The molecule has 4 N–H and O–H groups in total. The van der Waals surface area contributed by atoms with Crippen LogP contribution in [-0.4, -0.2) is 27.2 Å². The first-order valence-electron chi connectivity index (χ1n) is 3.65. The van der Waals surface area contributed by atoms with E-state index in [0.717, 1.165) is 0 Å². The molecule has 1 aromatic rings. The number of carbonyl (C=O) groups excluding carboxylic acids is 2. The van der Waals surface area contributed by atoms with E-state index < -0.39 is 5.91 Å². The molecular formula is C6H9N5O2. The van der Waals surface area contributed by atoms with Crippen LogP contribution in [0.1, 0.15) is 23.8 Å². The third-order valence-corrected chi connectivity index (χ3v) is 1.36. The van der Waals surface area contributed by atoms with E-state index in [1.807, 2.05) is 0 Å².